The maximum absolute atomic E-state index is 12.6. The summed E-state index contributed by atoms with van der Waals surface area (Å²) < 4.78 is 11.2. The van der Waals surface area contributed by atoms with Gasteiger partial charge in [-0.1, -0.05) is 30.3 Å². The molecular formula is C25H23NO6S. The van der Waals surface area contributed by atoms with E-state index in [9.17, 15) is 19.5 Å². The molecule has 0 unspecified atom stereocenters. The minimum Gasteiger partial charge on any atom is -0.480 e. The number of thioether (sulfide) groups is 1. The fourth-order valence-corrected chi connectivity index (χ4v) is 4.33. The molecule has 7 nitrogen and oxygen atoms in total. The summed E-state index contributed by atoms with van der Waals surface area (Å²) in [5.74, 6) is -1.04. The standard InChI is InChI=1S/C25H23NO6S/c1-14-16-10-18-19(15-6-4-3-5-7-15)13-31-21(18)12-22(16)32-25(30)17(14)11-23(27)26-20(24(28)29)8-9-33-2/h3-7,10,12-13,20H,8-9,11H2,1-2H3,(H,26,27)(H,28,29)/t20-/m0/s1. The highest BCUT2D eigenvalue weighted by Gasteiger charge is 2.22. The second kappa shape index (κ2) is 9.54. The van der Waals surface area contributed by atoms with Gasteiger partial charge in [-0.2, -0.15) is 11.8 Å². The van der Waals surface area contributed by atoms with E-state index in [-0.39, 0.29) is 12.0 Å². The maximum Gasteiger partial charge on any atom is 0.340 e. The Morgan fingerprint density at radius 3 is 2.58 bits per heavy atom. The highest BCUT2D eigenvalue weighted by atomic mass is 32.2. The Morgan fingerprint density at radius 1 is 1.12 bits per heavy atom. The number of benzene rings is 2. The number of hydrogen-bond donors (Lipinski definition) is 2. The molecular weight excluding hydrogens is 442 g/mol. The third kappa shape index (κ3) is 4.66. The summed E-state index contributed by atoms with van der Waals surface area (Å²) in [6.07, 6.45) is 3.57. The number of rotatable bonds is 8. The van der Waals surface area contributed by atoms with Crippen LogP contribution in [0.25, 0.3) is 33.1 Å². The molecule has 0 radical (unpaired) electrons. The third-order valence-corrected chi connectivity index (χ3v) is 6.29. The molecule has 33 heavy (non-hydrogen) atoms. The van der Waals surface area contributed by atoms with Crippen molar-refractivity contribution in [3.05, 3.63) is 70.3 Å². The number of carbonyl (C=O) groups is 2. The van der Waals surface area contributed by atoms with Gasteiger partial charge in [0, 0.05) is 22.4 Å². The number of nitrogens with one attached hydrogen (secondary N) is 1. The van der Waals surface area contributed by atoms with Crippen LogP contribution in [-0.4, -0.2) is 35.0 Å². The van der Waals surface area contributed by atoms with Gasteiger partial charge in [0.2, 0.25) is 5.91 Å². The van der Waals surface area contributed by atoms with Gasteiger partial charge in [0.15, 0.2) is 0 Å². The summed E-state index contributed by atoms with van der Waals surface area (Å²) in [4.78, 5) is 36.6. The number of furan rings is 1. The lowest BCUT2D eigenvalue weighted by atomic mass is 9.99. The summed E-state index contributed by atoms with van der Waals surface area (Å²) in [5, 5.41) is 13.4. The van der Waals surface area contributed by atoms with E-state index in [1.165, 1.54) is 11.8 Å². The van der Waals surface area contributed by atoms with Crippen LogP contribution in [0.15, 0.2) is 62.4 Å². The van der Waals surface area contributed by atoms with Crippen LogP contribution in [0.2, 0.25) is 0 Å². The molecule has 2 heterocycles. The zero-order valence-electron chi connectivity index (χ0n) is 18.2. The SMILES string of the molecule is CSCC[C@H](NC(=O)Cc1c(C)c2cc3c(-c4ccccc4)coc3cc2oc1=O)C(=O)O. The van der Waals surface area contributed by atoms with E-state index in [1.807, 2.05) is 42.7 Å². The number of hydrogen-bond acceptors (Lipinski definition) is 6. The van der Waals surface area contributed by atoms with Gasteiger partial charge in [-0.15, -0.1) is 0 Å². The average Bonchev–Trinajstić information content (AvgIpc) is 3.21. The molecule has 0 spiro atoms. The largest absolute Gasteiger partial charge is 0.480 e. The Bertz CT molecular complexity index is 1390. The van der Waals surface area contributed by atoms with Gasteiger partial charge in [0.1, 0.15) is 17.2 Å². The molecule has 2 aromatic heterocycles. The van der Waals surface area contributed by atoms with Gasteiger partial charge >= 0.3 is 11.6 Å². The summed E-state index contributed by atoms with van der Waals surface area (Å²) in [7, 11) is 0. The monoisotopic (exact) mass is 465 g/mol. The molecule has 2 aromatic carbocycles. The molecule has 170 valence electrons. The molecule has 1 atom stereocenters. The summed E-state index contributed by atoms with van der Waals surface area (Å²) in [6, 6.07) is 12.4. The first kappa shape index (κ1) is 22.7. The smallest absolute Gasteiger partial charge is 0.340 e. The van der Waals surface area contributed by atoms with Crippen molar-refractivity contribution in [1.82, 2.24) is 5.32 Å². The number of carboxylic acids is 1. The van der Waals surface area contributed by atoms with E-state index in [0.717, 1.165) is 16.5 Å². The van der Waals surface area contributed by atoms with Crippen molar-refractivity contribution in [3.63, 3.8) is 0 Å². The van der Waals surface area contributed by atoms with Crippen molar-refractivity contribution in [2.75, 3.05) is 12.0 Å². The lowest BCUT2D eigenvalue weighted by Gasteiger charge is -2.14. The van der Waals surface area contributed by atoms with Crippen LogP contribution in [0, 0.1) is 6.92 Å². The van der Waals surface area contributed by atoms with Crippen LogP contribution in [0.4, 0.5) is 0 Å². The van der Waals surface area contributed by atoms with E-state index in [4.69, 9.17) is 8.83 Å². The zero-order chi connectivity index (χ0) is 23.5. The van der Waals surface area contributed by atoms with Gasteiger partial charge in [-0.3, -0.25) is 4.79 Å². The van der Waals surface area contributed by atoms with Crippen LogP contribution in [0.3, 0.4) is 0 Å². The molecule has 0 fully saturated rings. The minimum absolute atomic E-state index is 0.207. The van der Waals surface area contributed by atoms with Crippen LogP contribution >= 0.6 is 11.8 Å². The predicted octanol–water partition coefficient (Wildman–Crippen LogP) is 4.38. The van der Waals surface area contributed by atoms with Crippen molar-refractivity contribution < 1.29 is 23.5 Å². The Balaban J connectivity index is 1.70. The van der Waals surface area contributed by atoms with Crippen LogP contribution < -0.4 is 10.9 Å². The fourth-order valence-electron chi connectivity index (χ4n) is 3.85. The van der Waals surface area contributed by atoms with Crippen LogP contribution in [0.5, 0.6) is 0 Å². The highest BCUT2D eigenvalue weighted by molar-refractivity contribution is 7.98. The molecule has 8 heteroatoms. The second-order valence-electron chi connectivity index (χ2n) is 7.77. The van der Waals surface area contributed by atoms with Crippen molar-refractivity contribution in [2.24, 2.45) is 0 Å². The first-order valence-electron chi connectivity index (χ1n) is 10.4. The Hall–Kier alpha value is -3.52. The van der Waals surface area contributed by atoms with Gasteiger partial charge in [-0.05, 0) is 42.5 Å². The molecule has 1 amide bonds. The summed E-state index contributed by atoms with van der Waals surface area (Å²) >= 11 is 1.50. The topological polar surface area (TPSA) is 110 Å². The first-order valence-corrected chi connectivity index (χ1v) is 11.8. The van der Waals surface area contributed by atoms with Crippen molar-refractivity contribution in [1.29, 1.82) is 0 Å². The minimum atomic E-state index is -1.10. The van der Waals surface area contributed by atoms with Crippen molar-refractivity contribution in [2.45, 2.75) is 25.8 Å². The van der Waals surface area contributed by atoms with Gasteiger partial charge in [0.25, 0.3) is 0 Å². The molecule has 2 N–H and O–H groups in total. The molecule has 0 saturated heterocycles. The van der Waals surface area contributed by atoms with E-state index in [1.54, 1.807) is 19.3 Å². The Morgan fingerprint density at radius 2 is 1.88 bits per heavy atom. The van der Waals surface area contributed by atoms with E-state index in [0.29, 0.717) is 34.3 Å². The lowest BCUT2D eigenvalue weighted by Crippen LogP contribution is -2.42. The highest BCUT2D eigenvalue weighted by Crippen LogP contribution is 2.34. The Kier molecular flexibility index (Phi) is 6.55. The van der Waals surface area contributed by atoms with Gasteiger partial charge in [-0.25, -0.2) is 9.59 Å². The number of aryl methyl sites for hydroxylation is 1. The summed E-state index contributed by atoms with van der Waals surface area (Å²) in [5.41, 5.74) is 3.07. The Labute approximate surface area is 193 Å². The number of fused-ring (bicyclic) bond motifs is 2. The maximum atomic E-state index is 12.6. The van der Waals surface area contributed by atoms with Crippen LogP contribution in [0.1, 0.15) is 17.5 Å². The lowest BCUT2D eigenvalue weighted by molar-refractivity contribution is -0.141. The normalized spacial score (nSPS) is 12.2. The average molecular weight is 466 g/mol. The van der Waals surface area contributed by atoms with Crippen molar-refractivity contribution >= 4 is 45.6 Å². The second-order valence-corrected chi connectivity index (χ2v) is 8.76. The number of carboxylic acid groups (broad SMARTS) is 1. The molecule has 0 aliphatic heterocycles. The first-order chi connectivity index (χ1) is 15.9. The molecule has 0 saturated carbocycles. The zero-order valence-corrected chi connectivity index (χ0v) is 19.0. The van der Waals surface area contributed by atoms with Crippen molar-refractivity contribution in [3.8, 4) is 11.1 Å². The molecule has 0 aliphatic rings. The molecule has 0 aliphatic carbocycles. The number of amides is 1. The van der Waals surface area contributed by atoms with Gasteiger partial charge < -0.3 is 19.3 Å². The third-order valence-electron chi connectivity index (χ3n) is 5.65. The molecule has 4 rings (SSSR count). The number of carbonyl (C=O) groups excluding carboxylic acids is 1. The summed E-state index contributed by atoms with van der Waals surface area (Å²) in [6.45, 7) is 1.76. The van der Waals surface area contributed by atoms with Crippen LogP contribution in [-0.2, 0) is 16.0 Å². The van der Waals surface area contributed by atoms with E-state index in [2.05, 4.69) is 5.32 Å². The quantitative estimate of drug-likeness (QED) is 0.372. The van der Waals surface area contributed by atoms with E-state index >= 15 is 0 Å². The molecule has 0 bridgehead atoms. The fraction of sp³-hybridized carbons (Fsp3) is 0.240. The predicted molar refractivity (Wildman–Crippen MR) is 129 cm³/mol. The van der Waals surface area contributed by atoms with E-state index < -0.39 is 23.5 Å². The number of aliphatic carboxylic acids is 1. The molecule has 4 aromatic rings. The van der Waals surface area contributed by atoms with Gasteiger partial charge in [0.05, 0.1) is 18.2 Å².